The van der Waals surface area contributed by atoms with E-state index in [1.54, 1.807) is 24.3 Å². The Morgan fingerprint density at radius 3 is 2.73 bits per heavy atom. The van der Waals surface area contributed by atoms with Crippen LogP contribution in [-0.4, -0.2) is 51.8 Å². The van der Waals surface area contributed by atoms with E-state index in [1.807, 2.05) is 0 Å². The van der Waals surface area contributed by atoms with Crippen molar-refractivity contribution in [2.75, 3.05) is 24.2 Å². The predicted octanol–water partition coefficient (Wildman–Crippen LogP) is 2.28. The van der Waals surface area contributed by atoms with Crippen molar-refractivity contribution in [3.05, 3.63) is 42.3 Å². The van der Waals surface area contributed by atoms with Crippen molar-refractivity contribution < 1.29 is 23.2 Å². The van der Waals surface area contributed by atoms with Crippen LogP contribution in [0.5, 0.6) is 0 Å². The number of aromatic nitrogens is 3. The van der Waals surface area contributed by atoms with E-state index in [2.05, 4.69) is 15.1 Å². The fourth-order valence-electron chi connectivity index (χ4n) is 2.99. The zero-order valence-electron chi connectivity index (χ0n) is 16.1. The molecule has 1 fully saturated rings. The number of cyclic esters (lactones) is 1. The van der Waals surface area contributed by atoms with Gasteiger partial charge in [-0.2, -0.15) is 4.98 Å². The van der Waals surface area contributed by atoms with Crippen LogP contribution in [0.2, 0.25) is 0 Å². The number of hydrogen-bond donors (Lipinski definition) is 1. The number of amides is 2. The van der Waals surface area contributed by atoms with Gasteiger partial charge in [-0.1, -0.05) is 11.2 Å². The highest BCUT2D eigenvalue weighted by Gasteiger charge is 2.36. The number of pyridine rings is 1. The molecule has 0 spiro atoms. The minimum absolute atomic E-state index is 0.0744. The Balaban J connectivity index is 1.55. The van der Waals surface area contributed by atoms with Crippen LogP contribution in [0, 0.1) is 5.82 Å². The molecule has 154 valence electrons. The summed E-state index contributed by atoms with van der Waals surface area (Å²) in [4.78, 5) is 34.3. The number of rotatable bonds is 4. The van der Waals surface area contributed by atoms with Crippen molar-refractivity contribution in [2.45, 2.75) is 13.2 Å². The zero-order chi connectivity index (χ0) is 21.4. The third-order valence-electron chi connectivity index (χ3n) is 4.73. The summed E-state index contributed by atoms with van der Waals surface area (Å²) in [6.45, 7) is 1.48. The number of hydrogen-bond acceptors (Lipinski definition) is 8. The first-order chi connectivity index (χ1) is 14.3. The number of benzene rings is 1. The van der Waals surface area contributed by atoms with Gasteiger partial charge < -0.3 is 19.9 Å². The van der Waals surface area contributed by atoms with Gasteiger partial charge in [0.15, 0.2) is 6.23 Å². The van der Waals surface area contributed by atoms with Crippen molar-refractivity contribution in [3.8, 4) is 22.6 Å². The van der Waals surface area contributed by atoms with E-state index in [4.69, 9.17) is 15.0 Å². The number of anilines is 2. The number of ether oxygens (including phenoxy) is 1. The molecule has 10 nitrogen and oxygen atoms in total. The Morgan fingerprint density at radius 1 is 1.33 bits per heavy atom. The van der Waals surface area contributed by atoms with Crippen LogP contribution in [0.15, 0.2) is 41.1 Å². The minimum atomic E-state index is -0.728. The number of nitrogens with zero attached hydrogens (tertiary/aromatic N) is 5. The van der Waals surface area contributed by atoms with Crippen LogP contribution in [0.4, 0.5) is 20.9 Å². The standard InChI is InChI=1S/C19H17FN6O4/c1-10(27)25(2)16-9-26(19(28)29-16)12-4-5-13(14(20)7-12)11-3-6-15(22-8-11)17-23-18(21)30-24-17/h3-8,16H,9H2,1-2H3,(H2,21,23,24)/t16-/m0/s1. The van der Waals surface area contributed by atoms with Gasteiger partial charge in [0.2, 0.25) is 11.7 Å². The minimum Gasteiger partial charge on any atom is -0.423 e. The molecule has 0 bridgehead atoms. The maximum absolute atomic E-state index is 14.8. The topological polar surface area (TPSA) is 128 Å². The van der Waals surface area contributed by atoms with E-state index < -0.39 is 18.1 Å². The number of carbonyl (C=O) groups excluding carboxylic acids is 2. The van der Waals surface area contributed by atoms with E-state index in [9.17, 15) is 14.0 Å². The highest BCUT2D eigenvalue weighted by atomic mass is 19.1. The molecule has 1 aromatic carbocycles. The quantitative estimate of drug-likeness (QED) is 0.691. The molecule has 0 unspecified atom stereocenters. The monoisotopic (exact) mass is 412 g/mol. The van der Waals surface area contributed by atoms with Crippen LogP contribution in [0.25, 0.3) is 22.6 Å². The van der Waals surface area contributed by atoms with Crippen molar-refractivity contribution in [1.29, 1.82) is 0 Å². The second-order valence-electron chi connectivity index (χ2n) is 6.63. The van der Waals surface area contributed by atoms with Crippen LogP contribution in [-0.2, 0) is 9.53 Å². The maximum Gasteiger partial charge on any atom is 0.416 e. The molecule has 2 aromatic heterocycles. The number of nitrogens with two attached hydrogens (primary N) is 1. The van der Waals surface area contributed by atoms with Crippen molar-refractivity contribution >= 4 is 23.7 Å². The van der Waals surface area contributed by atoms with Gasteiger partial charge in [-0.3, -0.25) is 14.7 Å². The average molecular weight is 412 g/mol. The molecule has 1 atom stereocenters. The molecule has 0 radical (unpaired) electrons. The van der Waals surface area contributed by atoms with Gasteiger partial charge in [-0.05, 0) is 24.3 Å². The molecule has 11 heteroatoms. The molecular formula is C19H17FN6O4. The van der Waals surface area contributed by atoms with Gasteiger partial charge in [0, 0.05) is 31.3 Å². The summed E-state index contributed by atoms with van der Waals surface area (Å²) in [5.41, 5.74) is 6.98. The first-order valence-corrected chi connectivity index (χ1v) is 8.90. The Kier molecular flexibility index (Phi) is 4.78. The third kappa shape index (κ3) is 3.52. The lowest BCUT2D eigenvalue weighted by Gasteiger charge is -2.20. The Morgan fingerprint density at radius 2 is 2.13 bits per heavy atom. The van der Waals surface area contributed by atoms with Crippen LogP contribution in [0.1, 0.15) is 6.92 Å². The average Bonchev–Trinajstić information content (AvgIpc) is 3.33. The molecule has 2 amide bonds. The fourth-order valence-corrected chi connectivity index (χ4v) is 2.99. The van der Waals surface area contributed by atoms with Crippen molar-refractivity contribution in [1.82, 2.24) is 20.0 Å². The van der Waals surface area contributed by atoms with Gasteiger partial charge in [0.25, 0.3) is 0 Å². The first kappa shape index (κ1) is 19.3. The van der Waals surface area contributed by atoms with E-state index >= 15 is 0 Å². The van der Waals surface area contributed by atoms with E-state index in [0.29, 0.717) is 22.5 Å². The number of carbonyl (C=O) groups is 2. The first-order valence-electron chi connectivity index (χ1n) is 8.90. The molecule has 1 saturated heterocycles. The molecule has 1 aliphatic heterocycles. The van der Waals surface area contributed by atoms with Gasteiger partial charge in [-0.25, -0.2) is 9.18 Å². The van der Waals surface area contributed by atoms with Crippen LogP contribution in [0.3, 0.4) is 0 Å². The summed E-state index contributed by atoms with van der Waals surface area (Å²) in [5, 5.41) is 3.68. The summed E-state index contributed by atoms with van der Waals surface area (Å²) in [7, 11) is 1.53. The molecule has 0 saturated carbocycles. The maximum atomic E-state index is 14.8. The van der Waals surface area contributed by atoms with E-state index in [1.165, 1.54) is 36.0 Å². The molecule has 3 aromatic rings. The van der Waals surface area contributed by atoms with Gasteiger partial charge in [0.05, 0.1) is 12.2 Å². The fraction of sp³-hybridized carbons (Fsp3) is 0.211. The highest BCUT2D eigenvalue weighted by molar-refractivity contribution is 5.90. The van der Waals surface area contributed by atoms with Gasteiger partial charge in [0.1, 0.15) is 11.5 Å². The molecule has 1 aliphatic rings. The number of nitrogen functional groups attached to an aromatic ring is 1. The lowest BCUT2D eigenvalue weighted by atomic mass is 10.1. The summed E-state index contributed by atoms with van der Waals surface area (Å²) in [6.07, 6.45) is 0.0985. The normalized spacial score (nSPS) is 15.9. The lowest BCUT2D eigenvalue weighted by Crippen LogP contribution is -2.38. The largest absolute Gasteiger partial charge is 0.423 e. The zero-order valence-corrected chi connectivity index (χ0v) is 16.1. The van der Waals surface area contributed by atoms with E-state index in [0.717, 1.165) is 0 Å². The molecule has 4 rings (SSSR count). The van der Waals surface area contributed by atoms with Gasteiger partial charge >= 0.3 is 12.1 Å². The SMILES string of the molecule is CC(=O)N(C)[C@@H]1CN(c2ccc(-c3ccc(-c4noc(N)n4)nc3)c(F)c2)C(=O)O1. The lowest BCUT2D eigenvalue weighted by molar-refractivity contribution is -0.134. The third-order valence-corrected chi connectivity index (χ3v) is 4.73. The Hall–Kier alpha value is -4.02. The second-order valence-corrected chi connectivity index (χ2v) is 6.63. The molecule has 30 heavy (non-hydrogen) atoms. The van der Waals surface area contributed by atoms with Crippen LogP contribution >= 0.6 is 0 Å². The summed E-state index contributed by atoms with van der Waals surface area (Å²) in [6, 6.07) is 7.59. The van der Waals surface area contributed by atoms with Crippen molar-refractivity contribution in [3.63, 3.8) is 0 Å². The Labute approximate surface area is 170 Å². The predicted molar refractivity (Wildman–Crippen MR) is 103 cm³/mol. The number of halogens is 1. The summed E-state index contributed by atoms with van der Waals surface area (Å²) >= 11 is 0. The van der Waals surface area contributed by atoms with E-state index in [-0.39, 0.29) is 24.3 Å². The van der Waals surface area contributed by atoms with Crippen molar-refractivity contribution in [2.24, 2.45) is 0 Å². The number of likely N-dealkylation sites (N-methyl/N-ethyl adjacent to an activating group) is 1. The molecule has 0 aliphatic carbocycles. The molecule has 2 N–H and O–H groups in total. The van der Waals surface area contributed by atoms with Gasteiger partial charge in [-0.15, -0.1) is 0 Å². The smallest absolute Gasteiger partial charge is 0.416 e. The Bertz CT molecular complexity index is 1120. The molecular weight excluding hydrogens is 395 g/mol. The second kappa shape index (κ2) is 7.43. The van der Waals surface area contributed by atoms with Crippen LogP contribution < -0.4 is 10.6 Å². The highest BCUT2D eigenvalue weighted by Crippen LogP contribution is 2.30. The molecule has 3 heterocycles. The summed E-state index contributed by atoms with van der Waals surface area (Å²) < 4.78 is 24.7. The summed E-state index contributed by atoms with van der Waals surface area (Å²) in [5.74, 6) is -0.551.